The summed E-state index contributed by atoms with van der Waals surface area (Å²) in [5.41, 5.74) is 4.98. The smallest absolute Gasteiger partial charge is 0.433 e. The molecular formula is C22H18F3N3O3. The van der Waals surface area contributed by atoms with E-state index in [9.17, 15) is 22.8 Å². The maximum absolute atomic E-state index is 12.5. The lowest BCUT2D eigenvalue weighted by atomic mass is 10.0. The van der Waals surface area contributed by atoms with Crippen LogP contribution in [0.15, 0.2) is 72.9 Å². The van der Waals surface area contributed by atoms with Gasteiger partial charge in [0.05, 0.1) is 5.56 Å². The molecule has 6 nitrogen and oxygen atoms in total. The molecule has 2 amide bonds. The summed E-state index contributed by atoms with van der Waals surface area (Å²) in [6.07, 6.45) is -3.20. The number of rotatable bonds is 6. The first-order valence-corrected chi connectivity index (χ1v) is 9.20. The number of pyridine rings is 1. The topological polar surface area (TPSA) is 80.3 Å². The van der Waals surface area contributed by atoms with Gasteiger partial charge in [0.1, 0.15) is 11.4 Å². The number of nitrogens with one attached hydrogen (secondary N) is 2. The quantitative estimate of drug-likeness (QED) is 0.588. The third kappa shape index (κ3) is 6.30. The molecule has 0 bridgehead atoms. The standard InChI is InChI=1S/C22H18F3N3O3/c23-22(24,25)19-11-10-17(13-26-19)21(30)28-27-20(29)14-31-18-9-5-4-8-16(18)12-15-6-2-1-3-7-15/h1-11,13H,12,14H2,(H,27,29)(H,28,30). The Bertz CT molecular complexity index is 1040. The Labute approximate surface area is 176 Å². The van der Waals surface area contributed by atoms with Crippen molar-refractivity contribution in [3.05, 3.63) is 95.3 Å². The van der Waals surface area contributed by atoms with Gasteiger partial charge in [-0.05, 0) is 29.3 Å². The number of carbonyl (C=O) groups is 2. The number of ether oxygens (including phenoxy) is 1. The average Bonchev–Trinajstić information content (AvgIpc) is 2.77. The summed E-state index contributed by atoms with van der Waals surface area (Å²) in [5.74, 6) is -0.915. The van der Waals surface area contributed by atoms with Crippen LogP contribution >= 0.6 is 0 Å². The zero-order chi connectivity index (χ0) is 22.3. The van der Waals surface area contributed by atoms with Crippen LogP contribution in [-0.4, -0.2) is 23.4 Å². The summed E-state index contributed by atoms with van der Waals surface area (Å²) in [6.45, 7) is -0.364. The number of amides is 2. The van der Waals surface area contributed by atoms with Gasteiger partial charge in [-0.25, -0.2) is 0 Å². The molecule has 0 saturated heterocycles. The maximum atomic E-state index is 12.5. The highest BCUT2D eigenvalue weighted by molar-refractivity contribution is 5.95. The Hall–Kier alpha value is -3.88. The van der Waals surface area contributed by atoms with E-state index in [0.717, 1.165) is 23.4 Å². The van der Waals surface area contributed by atoms with Crippen molar-refractivity contribution in [2.45, 2.75) is 12.6 Å². The predicted octanol–water partition coefficient (Wildman–Crippen LogP) is 3.53. The van der Waals surface area contributed by atoms with Crippen LogP contribution < -0.4 is 15.6 Å². The Morgan fingerprint density at radius 1 is 0.903 bits per heavy atom. The molecule has 1 aromatic heterocycles. The average molecular weight is 429 g/mol. The van der Waals surface area contributed by atoms with Gasteiger partial charge in [0, 0.05) is 12.6 Å². The number of carbonyl (C=O) groups excluding carboxylic acids is 2. The second kappa shape index (κ2) is 9.75. The molecule has 0 aliphatic heterocycles. The van der Waals surface area contributed by atoms with Gasteiger partial charge in [-0.3, -0.25) is 25.4 Å². The molecule has 0 saturated carbocycles. The highest BCUT2D eigenvalue weighted by Gasteiger charge is 2.32. The van der Waals surface area contributed by atoms with E-state index in [1.165, 1.54) is 0 Å². The molecule has 9 heteroatoms. The fourth-order valence-corrected chi connectivity index (χ4v) is 2.68. The highest BCUT2D eigenvalue weighted by atomic mass is 19.4. The first kappa shape index (κ1) is 21.8. The fourth-order valence-electron chi connectivity index (χ4n) is 2.68. The fraction of sp³-hybridized carbons (Fsp3) is 0.136. The molecule has 160 valence electrons. The van der Waals surface area contributed by atoms with Crippen molar-refractivity contribution in [2.75, 3.05) is 6.61 Å². The van der Waals surface area contributed by atoms with Crippen molar-refractivity contribution in [3.63, 3.8) is 0 Å². The van der Waals surface area contributed by atoms with Gasteiger partial charge in [-0.1, -0.05) is 48.5 Å². The van der Waals surface area contributed by atoms with Crippen LogP contribution in [-0.2, 0) is 17.4 Å². The molecule has 0 fully saturated rings. The van der Waals surface area contributed by atoms with Crippen LogP contribution in [0.5, 0.6) is 5.75 Å². The highest BCUT2D eigenvalue weighted by Crippen LogP contribution is 2.27. The van der Waals surface area contributed by atoms with E-state index in [0.29, 0.717) is 18.2 Å². The van der Waals surface area contributed by atoms with E-state index in [1.807, 2.05) is 42.5 Å². The first-order valence-electron chi connectivity index (χ1n) is 9.20. The minimum absolute atomic E-state index is 0.137. The molecule has 0 aliphatic rings. The molecule has 3 rings (SSSR count). The summed E-state index contributed by atoms with van der Waals surface area (Å²) < 4.78 is 43.1. The van der Waals surface area contributed by atoms with Gasteiger partial charge >= 0.3 is 6.18 Å². The van der Waals surface area contributed by atoms with Crippen molar-refractivity contribution < 1.29 is 27.5 Å². The number of benzene rings is 2. The lowest BCUT2D eigenvalue weighted by Gasteiger charge is -2.12. The van der Waals surface area contributed by atoms with Gasteiger partial charge < -0.3 is 4.74 Å². The number of aromatic nitrogens is 1. The number of hydrazine groups is 1. The third-order valence-electron chi connectivity index (χ3n) is 4.20. The minimum Gasteiger partial charge on any atom is -0.483 e. The zero-order valence-corrected chi connectivity index (χ0v) is 16.1. The van der Waals surface area contributed by atoms with Crippen molar-refractivity contribution in [1.82, 2.24) is 15.8 Å². The monoisotopic (exact) mass is 429 g/mol. The van der Waals surface area contributed by atoms with E-state index in [1.54, 1.807) is 12.1 Å². The number of para-hydroxylation sites is 1. The summed E-state index contributed by atoms with van der Waals surface area (Å²) in [6, 6.07) is 18.7. The Morgan fingerprint density at radius 3 is 2.29 bits per heavy atom. The van der Waals surface area contributed by atoms with Gasteiger partial charge in [0.2, 0.25) is 0 Å². The third-order valence-corrected chi connectivity index (χ3v) is 4.20. The minimum atomic E-state index is -4.60. The molecule has 31 heavy (non-hydrogen) atoms. The Kier molecular flexibility index (Phi) is 6.86. The molecule has 3 aromatic rings. The normalized spacial score (nSPS) is 10.9. The van der Waals surface area contributed by atoms with Crippen molar-refractivity contribution in [3.8, 4) is 5.75 Å². The summed E-state index contributed by atoms with van der Waals surface area (Å²) in [5, 5.41) is 0. The number of alkyl halides is 3. The van der Waals surface area contributed by atoms with Crippen LogP contribution in [0.2, 0.25) is 0 Å². The van der Waals surface area contributed by atoms with E-state index < -0.39 is 23.7 Å². The molecule has 0 radical (unpaired) electrons. The van der Waals surface area contributed by atoms with E-state index in [4.69, 9.17) is 4.74 Å². The summed E-state index contributed by atoms with van der Waals surface area (Å²) in [4.78, 5) is 27.1. The number of hydrogen-bond acceptors (Lipinski definition) is 4. The van der Waals surface area contributed by atoms with Crippen molar-refractivity contribution in [1.29, 1.82) is 0 Å². The number of hydrogen-bond donors (Lipinski definition) is 2. The van der Waals surface area contributed by atoms with E-state index >= 15 is 0 Å². The zero-order valence-electron chi connectivity index (χ0n) is 16.1. The first-order chi connectivity index (χ1) is 14.8. The van der Waals surface area contributed by atoms with Crippen molar-refractivity contribution >= 4 is 11.8 Å². The van der Waals surface area contributed by atoms with Crippen LogP contribution in [0.4, 0.5) is 13.2 Å². The molecule has 2 aromatic carbocycles. The lowest BCUT2D eigenvalue weighted by Crippen LogP contribution is -2.43. The second-order valence-electron chi connectivity index (χ2n) is 6.49. The van der Waals surface area contributed by atoms with Gasteiger partial charge in [-0.2, -0.15) is 13.2 Å². The molecule has 0 spiro atoms. The number of halogens is 3. The van der Waals surface area contributed by atoms with Gasteiger partial charge in [-0.15, -0.1) is 0 Å². The number of nitrogens with zero attached hydrogens (tertiary/aromatic N) is 1. The summed E-state index contributed by atoms with van der Waals surface area (Å²) in [7, 11) is 0. The SMILES string of the molecule is O=C(COc1ccccc1Cc1ccccc1)NNC(=O)c1ccc(C(F)(F)F)nc1. The largest absolute Gasteiger partial charge is 0.483 e. The molecule has 2 N–H and O–H groups in total. The molecule has 0 aliphatic carbocycles. The molecule has 1 heterocycles. The van der Waals surface area contributed by atoms with Crippen LogP contribution in [0.3, 0.4) is 0 Å². The molecular weight excluding hydrogens is 411 g/mol. The lowest BCUT2D eigenvalue weighted by molar-refractivity contribution is -0.141. The molecule has 0 unspecified atom stereocenters. The maximum Gasteiger partial charge on any atom is 0.433 e. The summed E-state index contributed by atoms with van der Waals surface area (Å²) >= 11 is 0. The Morgan fingerprint density at radius 2 is 1.61 bits per heavy atom. The van der Waals surface area contributed by atoms with Gasteiger partial charge in [0.15, 0.2) is 6.61 Å². The second-order valence-corrected chi connectivity index (χ2v) is 6.49. The van der Waals surface area contributed by atoms with Crippen LogP contribution in [0, 0.1) is 0 Å². The van der Waals surface area contributed by atoms with Gasteiger partial charge in [0.25, 0.3) is 11.8 Å². The van der Waals surface area contributed by atoms with Crippen LogP contribution in [0.1, 0.15) is 27.2 Å². The molecule has 0 atom stereocenters. The van der Waals surface area contributed by atoms with E-state index in [-0.39, 0.29) is 12.2 Å². The predicted molar refractivity (Wildman–Crippen MR) is 106 cm³/mol. The van der Waals surface area contributed by atoms with E-state index in [2.05, 4.69) is 15.8 Å². The van der Waals surface area contributed by atoms with Crippen molar-refractivity contribution in [2.24, 2.45) is 0 Å². The Balaban J connectivity index is 1.51. The van der Waals surface area contributed by atoms with Crippen LogP contribution in [0.25, 0.3) is 0 Å².